The van der Waals surface area contributed by atoms with Crippen LogP contribution in [0.25, 0.3) is 22.3 Å². The first kappa shape index (κ1) is 19.2. The maximum atomic E-state index is 5.78. The van der Waals surface area contributed by atoms with Crippen molar-refractivity contribution in [2.75, 3.05) is 39.4 Å². The zero-order valence-electron chi connectivity index (χ0n) is 17.5. The topological polar surface area (TPSA) is 33.7 Å². The molecule has 0 spiro atoms. The molecule has 2 heterocycles. The molecule has 0 amide bonds. The monoisotopic (exact) mass is 400 g/mol. The third-order valence-corrected chi connectivity index (χ3v) is 6.07. The first-order chi connectivity index (χ1) is 14.8. The third-order valence-electron chi connectivity index (χ3n) is 6.07. The van der Waals surface area contributed by atoms with Crippen LogP contribution in [0.4, 0.5) is 0 Å². The van der Waals surface area contributed by atoms with Crippen LogP contribution in [0.5, 0.6) is 11.5 Å². The predicted octanol–water partition coefficient (Wildman–Crippen LogP) is 4.51. The molecule has 154 valence electrons. The minimum absolute atomic E-state index is 0.607. The van der Waals surface area contributed by atoms with E-state index in [1.807, 2.05) is 6.07 Å². The zero-order valence-corrected chi connectivity index (χ0v) is 17.5. The summed E-state index contributed by atoms with van der Waals surface area (Å²) >= 11 is 0. The molecule has 4 nitrogen and oxygen atoms in total. The number of rotatable bonds is 4. The van der Waals surface area contributed by atoms with Crippen molar-refractivity contribution in [3.8, 4) is 33.8 Å². The summed E-state index contributed by atoms with van der Waals surface area (Å²) in [4.78, 5) is 2.51. The quantitative estimate of drug-likeness (QED) is 0.699. The van der Waals surface area contributed by atoms with Crippen molar-refractivity contribution in [2.24, 2.45) is 0 Å². The minimum Gasteiger partial charge on any atom is -0.486 e. The van der Waals surface area contributed by atoms with Gasteiger partial charge in [0, 0.05) is 32.7 Å². The van der Waals surface area contributed by atoms with Crippen molar-refractivity contribution < 1.29 is 9.47 Å². The summed E-state index contributed by atoms with van der Waals surface area (Å²) in [7, 11) is 0. The van der Waals surface area contributed by atoms with Gasteiger partial charge in [-0.3, -0.25) is 4.90 Å². The van der Waals surface area contributed by atoms with E-state index >= 15 is 0 Å². The maximum Gasteiger partial charge on any atom is 0.161 e. The second-order valence-electron chi connectivity index (χ2n) is 8.06. The molecule has 0 bridgehead atoms. The lowest BCUT2D eigenvalue weighted by Crippen LogP contribution is -2.42. The lowest BCUT2D eigenvalue weighted by molar-refractivity contribution is 0.171. The molecule has 0 unspecified atom stereocenters. The van der Waals surface area contributed by atoms with E-state index in [9.17, 15) is 0 Å². The van der Waals surface area contributed by atoms with Crippen LogP contribution in [0.2, 0.25) is 0 Å². The minimum atomic E-state index is 0.607. The standard InChI is InChI=1S/C26H28N2O2/c1-19-23(21-7-5-20(6-8-21)18-28-13-11-27-12-14-28)3-2-4-24(19)22-9-10-25-26(17-22)30-16-15-29-25/h2-10,17,27H,11-16,18H2,1H3. The number of hydrogen-bond acceptors (Lipinski definition) is 4. The fraction of sp³-hybridized carbons (Fsp3) is 0.308. The van der Waals surface area contributed by atoms with E-state index in [1.54, 1.807) is 0 Å². The maximum absolute atomic E-state index is 5.78. The van der Waals surface area contributed by atoms with Crippen LogP contribution >= 0.6 is 0 Å². The normalized spacial score (nSPS) is 16.4. The number of benzene rings is 3. The lowest BCUT2D eigenvalue weighted by Gasteiger charge is -2.27. The fourth-order valence-electron chi connectivity index (χ4n) is 4.39. The van der Waals surface area contributed by atoms with Crippen molar-refractivity contribution in [1.82, 2.24) is 10.2 Å². The van der Waals surface area contributed by atoms with Crippen molar-refractivity contribution in [2.45, 2.75) is 13.5 Å². The Hall–Kier alpha value is -2.82. The number of nitrogens with one attached hydrogen (secondary N) is 1. The van der Waals surface area contributed by atoms with Crippen LogP contribution in [0, 0.1) is 6.92 Å². The fourth-order valence-corrected chi connectivity index (χ4v) is 4.39. The van der Waals surface area contributed by atoms with E-state index in [2.05, 4.69) is 71.7 Å². The van der Waals surface area contributed by atoms with E-state index in [0.717, 1.165) is 49.8 Å². The van der Waals surface area contributed by atoms with E-state index in [-0.39, 0.29) is 0 Å². The van der Waals surface area contributed by atoms with Gasteiger partial charge in [0.05, 0.1) is 0 Å². The molecule has 1 N–H and O–H groups in total. The smallest absolute Gasteiger partial charge is 0.161 e. The Bertz CT molecular complexity index is 1020. The first-order valence-corrected chi connectivity index (χ1v) is 10.8. The Labute approximate surface area is 178 Å². The lowest BCUT2D eigenvalue weighted by atomic mass is 9.92. The van der Waals surface area contributed by atoms with Crippen LogP contribution < -0.4 is 14.8 Å². The van der Waals surface area contributed by atoms with Crippen LogP contribution in [0.1, 0.15) is 11.1 Å². The van der Waals surface area contributed by atoms with Gasteiger partial charge in [-0.25, -0.2) is 0 Å². The Morgan fingerprint density at radius 1 is 0.800 bits per heavy atom. The van der Waals surface area contributed by atoms with Crippen molar-refractivity contribution >= 4 is 0 Å². The van der Waals surface area contributed by atoms with E-state index in [1.165, 1.54) is 27.8 Å². The molecule has 2 aliphatic heterocycles. The average Bonchev–Trinajstić information content (AvgIpc) is 2.80. The number of piperazine rings is 1. The summed E-state index contributed by atoms with van der Waals surface area (Å²) in [6, 6.07) is 21.8. The first-order valence-electron chi connectivity index (χ1n) is 10.8. The van der Waals surface area contributed by atoms with Gasteiger partial charge in [-0.2, -0.15) is 0 Å². The Kier molecular flexibility index (Phi) is 5.43. The number of fused-ring (bicyclic) bond motifs is 1. The SMILES string of the molecule is Cc1c(-c2ccc(CN3CCNCC3)cc2)cccc1-c1ccc2c(c1)OCCO2. The van der Waals surface area contributed by atoms with Crippen LogP contribution in [-0.4, -0.2) is 44.3 Å². The molecule has 3 aromatic carbocycles. The van der Waals surface area contributed by atoms with Gasteiger partial charge >= 0.3 is 0 Å². The van der Waals surface area contributed by atoms with Crippen LogP contribution in [-0.2, 0) is 6.54 Å². The van der Waals surface area contributed by atoms with Gasteiger partial charge in [-0.1, -0.05) is 48.5 Å². The summed E-state index contributed by atoms with van der Waals surface area (Å²) in [5.74, 6) is 1.67. The summed E-state index contributed by atoms with van der Waals surface area (Å²) in [5.41, 5.74) is 7.58. The van der Waals surface area contributed by atoms with Gasteiger partial charge in [0.1, 0.15) is 13.2 Å². The van der Waals surface area contributed by atoms with E-state index in [0.29, 0.717) is 13.2 Å². The van der Waals surface area contributed by atoms with Crippen LogP contribution in [0.3, 0.4) is 0 Å². The molecule has 0 aromatic heterocycles. The third kappa shape index (κ3) is 3.93. The number of nitrogens with zero attached hydrogens (tertiary/aromatic N) is 1. The molecule has 1 saturated heterocycles. The number of ether oxygens (including phenoxy) is 2. The molecule has 30 heavy (non-hydrogen) atoms. The summed E-state index contributed by atoms with van der Waals surface area (Å²) in [5, 5.41) is 3.42. The number of hydrogen-bond donors (Lipinski definition) is 1. The molecular formula is C26H28N2O2. The predicted molar refractivity (Wildman–Crippen MR) is 121 cm³/mol. The summed E-state index contributed by atoms with van der Waals surface area (Å²) < 4.78 is 11.5. The average molecular weight is 401 g/mol. The summed E-state index contributed by atoms with van der Waals surface area (Å²) in [6.07, 6.45) is 0. The molecular weight excluding hydrogens is 372 g/mol. The Morgan fingerprint density at radius 2 is 1.47 bits per heavy atom. The molecule has 0 radical (unpaired) electrons. The summed E-state index contributed by atoms with van der Waals surface area (Å²) in [6.45, 7) is 8.88. The van der Waals surface area contributed by atoms with E-state index in [4.69, 9.17) is 9.47 Å². The van der Waals surface area contributed by atoms with Gasteiger partial charge in [0.15, 0.2) is 11.5 Å². The van der Waals surface area contributed by atoms with Gasteiger partial charge in [-0.15, -0.1) is 0 Å². The van der Waals surface area contributed by atoms with Gasteiger partial charge in [-0.05, 0) is 52.4 Å². The molecule has 5 rings (SSSR count). The van der Waals surface area contributed by atoms with E-state index < -0.39 is 0 Å². The molecule has 0 saturated carbocycles. The highest BCUT2D eigenvalue weighted by atomic mass is 16.6. The van der Waals surface area contributed by atoms with Crippen LogP contribution in [0.15, 0.2) is 60.7 Å². The van der Waals surface area contributed by atoms with Crippen molar-refractivity contribution in [3.05, 3.63) is 71.8 Å². The van der Waals surface area contributed by atoms with Gasteiger partial charge < -0.3 is 14.8 Å². The Balaban J connectivity index is 1.40. The molecule has 4 heteroatoms. The largest absolute Gasteiger partial charge is 0.486 e. The molecule has 1 fully saturated rings. The Morgan fingerprint density at radius 3 is 2.23 bits per heavy atom. The van der Waals surface area contributed by atoms with Gasteiger partial charge in [0.2, 0.25) is 0 Å². The van der Waals surface area contributed by atoms with Gasteiger partial charge in [0.25, 0.3) is 0 Å². The molecule has 0 atom stereocenters. The second kappa shape index (κ2) is 8.50. The zero-order chi connectivity index (χ0) is 20.3. The van der Waals surface area contributed by atoms with Crippen molar-refractivity contribution in [1.29, 1.82) is 0 Å². The highest BCUT2D eigenvalue weighted by molar-refractivity contribution is 5.79. The molecule has 3 aromatic rings. The highest BCUT2D eigenvalue weighted by Crippen LogP contribution is 2.37. The molecule has 2 aliphatic rings. The highest BCUT2D eigenvalue weighted by Gasteiger charge is 2.15. The second-order valence-corrected chi connectivity index (χ2v) is 8.06. The van der Waals surface area contributed by atoms with Crippen molar-refractivity contribution in [3.63, 3.8) is 0 Å². The molecule has 0 aliphatic carbocycles.